The summed E-state index contributed by atoms with van der Waals surface area (Å²) in [6, 6.07) is 6.86. The molecule has 0 unspecified atom stereocenters. The van der Waals surface area contributed by atoms with E-state index in [1.54, 1.807) is 13.0 Å². The predicted molar refractivity (Wildman–Crippen MR) is 81.0 cm³/mol. The van der Waals surface area contributed by atoms with Crippen molar-refractivity contribution >= 4 is 11.7 Å². The summed E-state index contributed by atoms with van der Waals surface area (Å²) < 4.78 is 5.80. The average molecular weight is 286 g/mol. The Labute approximate surface area is 123 Å². The highest BCUT2D eigenvalue weighted by Crippen LogP contribution is 2.30. The van der Waals surface area contributed by atoms with Crippen LogP contribution in [0, 0.1) is 13.8 Å². The Morgan fingerprint density at radius 2 is 2.05 bits per heavy atom. The van der Waals surface area contributed by atoms with Crippen molar-refractivity contribution in [2.24, 2.45) is 0 Å². The van der Waals surface area contributed by atoms with E-state index in [-0.39, 0.29) is 11.3 Å². The van der Waals surface area contributed by atoms with Gasteiger partial charge in [-0.15, -0.1) is 0 Å². The molecule has 0 saturated carbocycles. The summed E-state index contributed by atoms with van der Waals surface area (Å²) in [6.45, 7) is 5.66. The van der Waals surface area contributed by atoms with Crippen LogP contribution >= 0.6 is 0 Å². The molecule has 0 amide bonds. The molecule has 0 aliphatic heterocycles. The zero-order valence-corrected chi connectivity index (χ0v) is 12.3. The molecule has 1 heterocycles. The molecule has 110 valence electrons. The maximum atomic E-state index is 11.2. The number of aromatic nitrogens is 1. The summed E-state index contributed by atoms with van der Waals surface area (Å²) in [6.07, 6.45) is 0.733. The minimum absolute atomic E-state index is 0.0446. The van der Waals surface area contributed by atoms with Gasteiger partial charge in [0.2, 0.25) is 0 Å². The molecule has 5 nitrogen and oxygen atoms in total. The van der Waals surface area contributed by atoms with E-state index < -0.39 is 5.97 Å². The van der Waals surface area contributed by atoms with Gasteiger partial charge in [-0.3, -0.25) is 4.98 Å². The fraction of sp³-hybridized carbons (Fsp3) is 0.250. The van der Waals surface area contributed by atoms with Crippen LogP contribution in [0.4, 0.5) is 5.69 Å². The number of nitrogens with two attached hydrogens (primary N) is 1. The Bertz CT molecular complexity index is 696. The molecule has 0 radical (unpaired) electrons. The van der Waals surface area contributed by atoms with Crippen molar-refractivity contribution < 1.29 is 14.6 Å². The second kappa shape index (κ2) is 5.83. The number of hydrogen-bond donors (Lipinski definition) is 2. The molecule has 21 heavy (non-hydrogen) atoms. The average Bonchev–Trinajstić information content (AvgIpc) is 2.44. The molecule has 0 atom stereocenters. The van der Waals surface area contributed by atoms with Gasteiger partial charge < -0.3 is 15.6 Å². The second-order valence-corrected chi connectivity index (χ2v) is 4.86. The van der Waals surface area contributed by atoms with E-state index in [1.165, 1.54) is 6.07 Å². The van der Waals surface area contributed by atoms with Crippen LogP contribution in [-0.2, 0) is 6.42 Å². The SMILES string of the molecule is CCc1nc(C)ccc1Oc1cc(C)c(N)c(C(=O)O)c1. The van der Waals surface area contributed by atoms with Gasteiger partial charge in [0, 0.05) is 11.4 Å². The van der Waals surface area contributed by atoms with Gasteiger partial charge in [0.15, 0.2) is 0 Å². The number of aryl methyl sites for hydroxylation is 3. The highest BCUT2D eigenvalue weighted by Gasteiger charge is 2.14. The number of rotatable bonds is 4. The Kier molecular flexibility index (Phi) is 4.12. The number of ether oxygens (including phenoxy) is 1. The molecule has 2 rings (SSSR count). The number of hydrogen-bond acceptors (Lipinski definition) is 4. The van der Waals surface area contributed by atoms with E-state index in [9.17, 15) is 4.79 Å². The Morgan fingerprint density at radius 1 is 1.33 bits per heavy atom. The van der Waals surface area contributed by atoms with E-state index in [0.29, 0.717) is 17.1 Å². The van der Waals surface area contributed by atoms with Crippen LogP contribution in [0.2, 0.25) is 0 Å². The first-order chi connectivity index (χ1) is 9.92. The topological polar surface area (TPSA) is 85.4 Å². The third-order valence-corrected chi connectivity index (χ3v) is 3.23. The molecular formula is C16H18N2O3. The van der Waals surface area contributed by atoms with Crippen LogP contribution in [0.15, 0.2) is 24.3 Å². The summed E-state index contributed by atoms with van der Waals surface area (Å²) in [5.41, 5.74) is 8.49. The highest BCUT2D eigenvalue weighted by atomic mass is 16.5. The quantitative estimate of drug-likeness (QED) is 0.842. The summed E-state index contributed by atoms with van der Waals surface area (Å²) in [4.78, 5) is 15.6. The zero-order valence-electron chi connectivity index (χ0n) is 12.3. The molecule has 0 fully saturated rings. The molecule has 1 aromatic carbocycles. The van der Waals surface area contributed by atoms with Crippen LogP contribution in [0.1, 0.15) is 34.2 Å². The van der Waals surface area contributed by atoms with E-state index in [4.69, 9.17) is 15.6 Å². The lowest BCUT2D eigenvalue weighted by Gasteiger charge is -2.13. The van der Waals surface area contributed by atoms with Gasteiger partial charge in [0.25, 0.3) is 0 Å². The van der Waals surface area contributed by atoms with E-state index >= 15 is 0 Å². The van der Waals surface area contributed by atoms with Gasteiger partial charge >= 0.3 is 5.97 Å². The van der Waals surface area contributed by atoms with Crippen LogP contribution in [0.5, 0.6) is 11.5 Å². The van der Waals surface area contributed by atoms with Crippen molar-refractivity contribution in [3.8, 4) is 11.5 Å². The molecule has 0 bridgehead atoms. The maximum absolute atomic E-state index is 11.2. The fourth-order valence-electron chi connectivity index (χ4n) is 2.07. The zero-order chi connectivity index (χ0) is 15.6. The number of carboxylic acids is 1. The number of pyridine rings is 1. The number of carbonyl (C=O) groups is 1. The van der Waals surface area contributed by atoms with E-state index in [2.05, 4.69) is 4.98 Å². The molecule has 3 N–H and O–H groups in total. The lowest BCUT2D eigenvalue weighted by atomic mass is 10.1. The van der Waals surface area contributed by atoms with Crippen LogP contribution in [0.3, 0.4) is 0 Å². The number of nitrogen functional groups attached to an aromatic ring is 1. The van der Waals surface area contributed by atoms with Crippen molar-refractivity contribution in [2.75, 3.05) is 5.73 Å². The van der Waals surface area contributed by atoms with Crippen LogP contribution < -0.4 is 10.5 Å². The summed E-state index contributed by atoms with van der Waals surface area (Å²) in [5.74, 6) is 0.00172. The smallest absolute Gasteiger partial charge is 0.337 e. The molecule has 0 aliphatic rings. The minimum Gasteiger partial charge on any atom is -0.478 e. The molecule has 1 aromatic heterocycles. The molecule has 2 aromatic rings. The van der Waals surface area contributed by atoms with E-state index in [0.717, 1.165) is 17.8 Å². The van der Waals surface area contributed by atoms with Gasteiger partial charge in [-0.1, -0.05) is 6.92 Å². The lowest BCUT2D eigenvalue weighted by Crippen LogP contribution is -2.05. The number of aromatic carboxylic acids is 1. The van der Waals surface area contributed by atoms with Crippen LogP contribution in [-0.4, -0.2) is 16.1 Å². The van der Waals surface area contributed by atoms with Gasteiger partial charge in [-0.05, 0) is 50.1 Å². The Balaban J connectivity index is 2.43. The van der Waals surface area contributed by atoms with Crippen molar-refractivity contribution in [1.82, 2.24) is 4.98 Å². The normalized spacial score (nSPS) is 10.4. The van der Waals surface area contributed by atoms with Crippen LogP contribution in [0.25, 0.3) is 0 Å². The van der Waals surface area contributed by atoms with Crippen molar-refractivity contribution in [1.29, 1.82) is 0 Å². The number of nitrogens with zero attached hydrogens (tertiary/aromatic N) is 1. The number of anilines is 1. The molecule has 0 aliphatic carbocycles. The van der Waals surface area contributed by atoms with Gasteiger partial charge in [-0.2, -0.15) is 0 Å². The Morgan fingerprint density at radius 3 is 2.67 bits per heavy atom. The molecule has 0 saturated heterocycles. The molecule has 0 spiro atoms. The standard InChI is InChI=1S/C16H18N2O3/c1-4-13-14(6-5-10(3)18-13)21-11-7-9(2)15(17)12(8-11)16(19)20/h5-8H,4,17H2,1-3H3,(H,19,20). The lowest BCUT2D eigenvalue weighted by molar-refractivity contribution is 0.0697. The monoisotopic (exact) mass is 286 g/mol. The first kappa shape index (κ1) is 14.8. The largest absolute Gasteiger partial charge is 0.478 e. The van der Waals surface area contributed by atoms with E-state index in [1.807, 2.05) is 26.0 Å². The summed E-state index contributed by atoms with van der Waals surface area (Å²) in [7, 11) is 0. The van der Waals surface area contributed by atoms with Crippen molar-refractivity contribution in [3.05, 3.63) is 46.8 Å². The summed E-state index contributed by atoms with van der Waals surface area (Å²) >= 11 is 0. The number of carboxylic acid groups (broad SMARTS) is 1. The molecular weight excluding hydrogens is 268 g/mol. The Hall–Kier alpha value is -2.56. The van der Waals surface area contributed by atoms with Gasteiger partial charge in [-0.25, -0.2) is 4.79 Å². The predicted octanol–water partition coefficient (Wildman–Crippen LogP) is 3.33. The van der Waals surface area contributed by atoms with Crippen molar-refractivity contribution in [3.63, 3.8) is 0 Å². The first-order valence-electron chi connectivity index (χ1n) is 6.70. The third-order valence-electron chi connectivity index (χ3n) is 3.23. The van der Waals surface area contributed by atoms with Gasteiger partial charge in [0.1, 0.15) is 11.5 Å². The highest BCUT2D eigenvalue weighted by molar-refractivity contribution is 5.95. The van der Waals surface area contributed by atoms with Gasteiger partial charge in [0.05, 0.1) is 11.3 Å². The maximum Gasteiger partial charge on any atom is 0.337 e. The second-order valence-electron chi connectivity index (χ2n) is 4.86. The minimum atomic E-state index is -1.07. The first-order valence-corrected chi connectivity index (χ1v) is 6.70. The van der Waals surface area contributed by atoms with Crippen molar-refractivity contribution in [2.45, 2.75) is 27.2 Å². The third kappa shape index (κ3) is 3.13. The number of benzene rings is 1. The fourth-order valence-corrected chi connectivity index (χ4v) is 2.07. The molecule has 5 heteroatoms. The summed E-state index contributed by atoms with van der Waals surface area (Å²) in [5, 5.41) is 9.17.